The first kappa shape index (κ1) is 16.1. The molecule has 1 saturated carbocycles. The Morgan fingerprint density at radius 1 is 0.960 bits per heavy atom. The van der Waals surface area contributed by atoms with Gasteiger partial charge in [0.2, 0.25) is 5.91 Å². The summed E-state index contributed by atoms with van der Waals surface area (Å²) in [7, 11) is 0. The molecule has 2 aromatic rings. The normalized spacial score (nSPS) is 18.6. The molecule has 1 amide bonds. The van der Waals surface area contributed by atoms with E-state index in [9.17, 15) is 4.79 Å². The van der Waals surface area contributed by atoms with Gasteiger partial charge in [0.05, 0.1) is 5.69 Å². The maximum Gasteiger partial charge on any atom is 0.225 e. The maximum atomic E-state index is 12.6. The van der Waals surface area contributed by atoms with Crippen LogP contribution in [0.1, 0.15) is 25.7 Å². The molecule has 0 atom stereocenters. The van der Waals surface area contributed by atoms with Crippen LogP contribution in [0.25, 0.3) is 11.3 Å². The minimum absolute atomic E-state index is 0.273. The minimum atomic E-state index is 0.273. The van der Waals surface area contributed by atoms with Crippen molar-refractivity contribution < 1.29 is 4.79 Å². The van der Waals surface area contributed by atoms with Gasteiger partial charge in [0.15, 0.2) is 0 Å². The third-order valence-electron chi connectivity index (χ3n) is 5.34. The molecule has 0 spiro atoms. The van der Waals surface area contributed by atoms with Gasteiger partial charge in [-0.05, 0) is 12.8 Å². The molecule has 1 aliphatic carbocycles. The minimum Gasteiger partial charge on any atom is -0.353 e. The molecule has 1 aromatic heterocycles. The van der Waals surface area contributed by atoms with E-state index >= 15 is 0 Å². The topological polar surface area (TPSA) is 49.3 Å². The number of hydrogen-bond donors (Lipinski definition) is 0. The molecule has 25 heavy (non-hydrogen) atoms. The molecule has 0 unspecified atom stereocenters. The molecule has 1 aliphatic heterocycles. The zero-order chi connectivity index (χ0) is 17.1. The lowest BCUT2D eigenvalue weighted by molar-refractivity contribution is -0.135. The van der Waals surface area contributed by atoms with Crippen LogP contribution in [0.3, 0.4) is 0 Å². The van der Waals surface area contributed by atoms with E-state index in [1.165, 1.54) is 12.8 Å². The van der Waals surface area contributed by atoms with Crippen molar-refractivity contribution in [3.05, 3.63) is 42.7 Å². The fourth-order valence-electron chi connectivity index (χ4n) is 3.87. The van der Waals surface area contributed by atoms with Gasteiger partial charge in [0.25, 0.3) is 0 Å². The Morgan fingerprint density at radius 3 is 2.40 bits per heavy atom. The van der Waals surface area contributed by atoms with Crippen LogP contribution in [0.4, 0.5) is 5.82 Å². The van der Waals surface area contributed by atoms with Gasteiger partial charge in [-0.2, -0.15) is 0 Å². The van der Waals surface area contributed by atoms with E-state index in [1.54, 1.807) is 6.33 Å². The fourth-order valence-corrected chi connectivity index (χ4v) is 3.87. The van der Waals surface area contributed by atoms with Gasteiger partial charge in [-0.15, -0.1) is 0 Å². The number of anilines is 1. The fraction of sp³-hybridized carbons (Fsp3) is 0.450. The molecular weight excluding hydrogens is 312 g/mol. The molecule has 5 heteroatoms. The average molecular weight is 336 g/mol. The van der Waals surface area contributed by atoms with Crippen molar-refractivity contribution in [3.8, 4) is 11.3 Å². The summed E-state index contributed by atoms with van der Waals surface area (Å²) in [5.41, 5.74) is 2.04. The molecule has 1 saturated heterocycles. The largest absolute Gasteiger partial charge is 0.353 e. The maximum absolute atomic E-state index is 12.6. The van der Waals surface area contributed by atoms with Gasteiger partial charge in [-0.1, -0.05) is 43.2 Å². The molecule has 0 radical (unpaired) electrons. The SMILES string of the molecule is O=C(C1CCCC1)N1CCN(c2cc(-c3ccccc3)ncn2)CC1. The highest BCUT2D eigenvalue weighted by atomic mass is 16.2. The molecule has 5 nitrogen and oxygen atoms in total. The Balaban J connectivity index is 1.42. The van der Waals surface area contributed by atoms with Crippen LogP contribution >= 0.6 is 0 Å². The summed E-state index contributed by atoms with van der Waals surface area (Å²) < 4.78 is 0. The number of aromatic nitrogens is 2. The van der Waals surface area contributed by atoms with Crippen molar-refractivity contribution >= 4 is 11.7 Å². The summed E-state index contributed by atoms with van der Waals surface area (Å²) in [6.07, 6.45) is 6.20. The molecular formula is C20H24N4O. The molecule has 4 rings (SSSR count). The Kier molecular flexibility index (Phi) is 4.63. The number of amides is 1. The van der Waals surface area contributed by atoms with Crippen molar-refractivity contribution in [2.45, 2.75) is 25.7 Å². The van der Waals surface area contributed by atoms with E-state index < -0.39 is 0 Å². The van der Waals surface area contributed by atoms with Crippen molar-refractivity contribution in [1.29, 1.82) is 0 Å². The third kappa shape index (κ3) is 3.50. The molecule has 130 valence electrons. The first-order valence-electron chi connectivity index (χ1n) is 9.22. The second-order valence-corrected chi connectivity index (χ2v) is 6.92. The number of nitrogens with zero attached hydrogens (tertiary/aromatic N) is 4. The molecule has 1 aromatic carbocycles. The van der Waals surface area contributed by atoms with Crippen LogP contribution in [0.2, 0.25) is 0 Å². The van der Waals surface area contributed by atoms with Crippen LogP contribution < -0.4 is 4.90 Å². The second kappa shape index (κ2) is 7.21. The van der Waals surface area contributed by atoms with Crippen molar-refractivity contribution in [1.82, 2.24) is 14.9 Å². The quantitative estimate of drug-likeness (QED) is 0.865. The molecule has 0 N–H and O–H groups in total. The van der Waals surface area contributed by atoms with E-state index in [0.717, 1.165) is 56.1 Å². The van der Waals surface area contributed by atoms with Crippen molar-refractivity contribution in [3.63, 3.8) is 0 Å². The van der Waals surface area contributed by atoms with Crippen molar-refractivity contribution in [2.75, 3.05) is 31.1 Å². The highest BCUT2D eigenvalue weighted by molar-refractivity contribution is 5.79. The number of piperazine rings is 1. The first-order valence-corrected chi connectivity index (χ1v) is 9.22. The first-order chi connectivity index (χ1) is 12.3. The summed E-state index contributed by atoms with van der Waals surface area (Å²) in [5.74, 6) is 1.59. The molecule has 2 fully saturated rings. The van der Waals surface area contributed by atoms with Gasteiger partial charge in [0, 0.05) is 43.7 Å². The second-order valence-electron chi connectivity index (χ2n) is 6.92. The van der Waals surface area contributed by atoms with Crippen LogP contribution in [-0.4, -0.2) is 47.0 Å². The predicted octanol–water partition coefficient (Wildman–Crippen LogP) is 2.98. The zero-order valence-electron chi connectivity index (χ0n) is 14.5. The molecule has 2 aliphatic rings. The average Bonchev–Trinajstić information content (AvgIpc) is 3.23. The van der Waals surface area contributed by atoms with Crippen LogP contribution in [0.15, 0.2) is 42.7 Å². The van der Waals surface area contributed by atoms with Gasteiger partial charge in [-0.3, -0.25) is 4.79 Å². The Morgan fingerprint density at radius 2 is 1.68 bits per heavy atom. The Bertz CT molecular complexity index is 719. The van der Waals surface area contributed by atoms with Crippen LogP contribution in [0, 0.1) is 5.92 Å². The van der Waals surface area contributed by atoms with E-state index in [-0.39, 0.29) is 5.92 Å². The van der Waals surface area contributed by atoms with E-state index in [2.05, 4.69) is 27.0 Å². The predicted molar refractivity (Wildman–Crippen MR) is 98.2 cm³/mol. The van der Waals surface area contributed by atoms with Crippen LogP contribution in [-0.2, 0) is 4.79 Å². The Hall–Kier alpha value is -2.43. The van der Waals surface area contributed by atoms with Crippen molar-refractivity contribution in [2.24, 2.45) is 5.92 Å². The zero-order valence-corrected chi connectivity index (χ0v) is 14.5. The van der Waals surface area contributed by atoms with Gasteiger partial charge in [0.1, 0.15) is 12.1 Å². The summed E-state index contributed by atoms with van der Waals surface area (Å²) >= 11 is 0. The Labute approximate surface area is 148 Å². The monoisotopic (exact) mass is 336 g/mol. The standard InChI is InChI=1S/C20H24N4O/c25-20(17-8-4-5-9-17)24-12-10-23(11-13-24)19-14-18(21-15-22-19)16-6-2-1-3-7-16/h1-3,6-7,14-15,17H,4-5,8-13H2. The highest BCUT2D eigenvalue weighted by Gasteiger charge is 2.29. The highest BCUT2D eigenvalue weighted by Crippen LogP contribution is 2.27. The number of carbonyl (C=O) groups is 1. The van der Waals surface area contributed by atoms with Gasteiger partial charge < -0.3 is 9.80 Å². The number of carbonyl (C=O) groups excluding carboxylic acids is 1. The lowest BCUT2D eigenvalue weighted by Crippen LogP contribution is -2.50. The van der Waals surface area contributed by atoms with Gasteiger partial charge >= 0.3 is 0 Å². The smallest absolute Gasteiger partial charge is 0.225 e. The summed E-state index contributed by atoms with van der Waals surface area (Å²) in [6.45, 7) is 3.26. The van der Waals surface area contributed by atoms with Gasteiger partial charge in [-0.25, -0.2) is 9.97 Å². The number of hydrogen-bond acceptors (Lipinski definition) is 4. The third-order valence-corrected chi connectivity index (χ3v) is 5.34. The lowest BCUT2D eigenvalue weighted by Gasteiger charge is -2.36. The van der Waals surface area contributed by atoms with E-state index in [4.69, 9.17) is 0 Å². The molecule has 0 bridgehead atoms. The van der Waals surface area contributed by atoms with E-state index in [1.807, 2.05) is 29.2 Å². The van der Waals surface area contributed by atoms with Crippen LogP contribution in [0.5, 0.6) is 0 Å². The summed E-state index contributed by atoms with van der Waals surface area (Å²) in [4.78, 5) is 25.7. The number of benzene rings is 1. The summed E-state index contributed by atoms with van der Waals surface area (Å²) in [6, 6.07) is 12.2. The number of rotatable bonds is 3. The summed E-state index contributed by atoms with van der Waals surface area (Å²) in [5, 5.41) is 0. The lowest BCUT2D eigenvalue weighted by atomic mass is 10.1. The molecule has 2 heterocycles. The van der Waals surface area contributed by atoms with E-state index in [0.29, 0.717) is 5.91 Å².